The summed E-state index contributed by atoms with van der Waals surface area (Å²) in [6.45, 7) is 7.56. The van der Waals surface area contributed by atoms with Crippen LogP contribution in [0.2, 0.25) is 0 Å². The van der Waals surface area contributed by atoms with Gasteiger partial charge in [0, 0.05) is 18.4 Å². The molecule has 1 aliphatic heterocycles. The Morgan fingerprint density at radius 2 is 1.81 bits per heavy atom. The molecule has 0 spiro atoms. The fourth-order valence-electron chi connectivity index (χ4n) is 5.84. The number of carbonyl (C=O) groups is 2. The van der Waals surface area contributed by atoms with Gasteiger partial charge in [0.05, 0.1) is 42.2 Å². The minimum absolute atomic E-state index is 0.0483. The van der Waals surface area contributed by atoms with Gasteiger partial charge in [-0.3, -0.25) is 0 Å². The summed E-state index contributed by atoms with van der Waals surface area (Å²) < 4.78 is 41.3. The third-order valence-corrected chi connectivity index (χ3v) is 8.17. The normalized spacial score (nSPS) is 15.2. The summed E-state index contributed by atoms with van der Waals surface area (Å²) in [6, 6.07) is 17.8. The molecule has 3 heterocycles. The fraction of sp³-hybridized carbons (Fsp3) is 0.343. The van der Waals surface area contributed by atoms with Gasteiger partial charge in [0.1, 0.15) is 5.52 Å². The number of esters is 2. The zero-order valence-corrected chi connectivity index (χ0v) is 26.4. The van der Waals surface area contributed by atoms with E-state index in [-0.39, 0.29) is 38.0 Å². The van der Waals surface area contributed by atoms with Gasteiger partial charge in [-0.2, -0.15) is 5.10 Å². The van der Waals surface area contributed by atoms with Crippen LogP contribution in [0.15, 0.2) is 67.2 Å². The maximum atomic E-state index is 14.8. The van der Waals surface area contributed by atoms with Gasteiger partial charge in [0.15, 0.2) is 12.0 Å². The number of halogens is 1. The molecule has 11 nitrogen and oxygen atoms in total. The molecule has 1 aliphatic rings. The number of nitrogens with zero attached hydrogens (tertiary/aromatic N) is 5. The zero-order chi connectivity index (χ0) is 33.0. The van der Waals surface area contributed by atoms with Crippen molar-refractivity contribution in [1.82, 2.24) is 24.8 Å². The second-order valence-electron chi connectivity index (χ2n) is 11.2. The van der Waals surface area contributed by atoms with Gasteiger partial charge in [-0.25, -0.2) is 23.3 Å². The number of benzene rings is 3. The molecule has 0 saturated carbocycles. The van der Waals surface area contributed by atoms with E-state index in [1.807, 2.05) is 36.4 Å². The number of rotatable bonds is 12. The number of carbonyl (C=O) groups excluding carboxylic acids is 2. The molecule has 3 aromatic carbocycles. The standard InChI is InChI=1S/C35H36FN5O6/c1-4-23-18-27(36)32-30(19-23)40(39-37-32)25-15-16-26-28(38-41(29(26)20-25)31-14-10-11-17-46-31)22-47-35(33(42)44-5-2,34(43)45-6-3)21-24-12-8-7-9-13-24/h4,7-9,12-13,15-16,18-20,31H,1,5-6,10-11,14,17,21-22H2,2-3H3. The highest BCUT2D eigenvalue weighted by molar-refractivity contribution is 6.04. The van der Waals surface area contributed by atoms with Crippen LogP contribution in [-0.4, -0.2) is 62.1 Å². The van der Waals surface area contributed by atoms with Gasteiger partial charge in [-0.05, 0) is 74.6 Å². The highest BCUT2D eigenvalue weighted by Crippen LogP contribution is 2.32. The first kappa shape index (κ1) is 32.0. The maximum Gasteiger partial charge on any atom is 0.350 e. The number of hydrogen-bond donors (Lipinski definition) is 0. The van der Waals surface area contributed by atoms with Crippen molar-refractivity contribution in [3.8, 4) is 5.69 Å². The Bertz CT molecular complexity index is 1900. The van der Waals surface area contributed by atoms with Crippen molar-refractivity contribution >= 4 is 40.0 Å². The molecule has 5 aromatic rings. The summed E-state index contributed by atoms with van der Waals surface area (Å²) in [4.78, 5) is 27.1. The SMILES string of the molecule is C=Cc1cc(F)c2nnn(-c3ccc4c(COC(Cc5ccccc5)(C(=O)OCC)C(=O)OCC)nn(C5CCCCO5)c4c3)c2c1. The molecule has 1 atom stereocenters. The Morgan fingerprint density at radius 3 is 2.49 bits per heavy atom. The summed E-state index contributed by atoms with van der Waals surface area (Å²) >= 11 is 0. The molecule has 12 heteroatoms. The summed E-state index contributed by atoms with van der Waals surface area (Å²) in [5.74, 6) is -2.17. The predicted octanol–water partition coefficient (Wildman–Crippen LogP) is 5.88. The van der Waals surface area contributed by atoms with Crippen LogP contribution in [-0.2, 0) is 41.6 Å². The van der Waals surface area contributed by atoms with Crippen molar-refractivity contribution in [2.45, 2.75) is 58.0 Å². The second-order valence-corrected chi connectivity index (χ2v) is 11.2. The number of ether oxygens (including phenoxy) is 4. The van der Waals surface area contributed by atoms with Crippen molar-refractivity contribution in [1.29, 1.82) is 0 Å². The zero-order valence-electron chi connectivity index (χ0n) is 26.4. The van der Waals surface area contributed by atoms with E-state index < -0.39 is 23.4 Å². The van der Waals surface area contributed by atoms with Crippen LogP contribution in [0.4, 0.5) is 4.39 Å². The smallest absolute Gasteiger partial charge is 0.350 e. The Labute approximate surface area is 270 Å². The largest absolute Gasteiger partial charge is 0.463 e. The lowest BCUT2D eigenvalue weighted by atomic mass is 9.94. The van der Waals surface area contributed by atoms with E-state index in [0.717, 1.165) is 19.3 Å². The molecular weight excluding hydrogens is 605 g/mol. The summed E-state index contributed by atoms with van der Waals surface area (Å²) in [7, 11) is 0. The topological polar surface area (TPSA) is 120 Å². The van der Waals surface area contributed by atoms with Crippen LogP contribution in [0.5, 0.6) is 0 Å². The fourth-order valence-corrected chi connectivity index (χ4v) is 5.84. The van der Waals surface area contributed by atoms with E-state index in [2.05, 4.69) is 16.9 Å². The lowest BCUT2D eigenvalue weighted by Gasteiger charge is -2.29. The Kier molecular flexibility index (Phi) is 9.41. The number of fused-ring (bicyclic) bond motifs is 2. The van der Waals surface area contributed by atoms with Crippen LogP contribution < -0.4 is 0 Å². The van der Waals surface area contributed by atoms with Crippen LogP contribution in [0, 0.1) is 5.82 Å². The van der Waals surface area contributed by atoms with Crippen molar-refractivity contribution < 1.29 is 32.9 Å². The molecule has 1 saturated heterocycles. The minimum atomic E-state index is -2.07. The highest BCUT2D eigenvalue weighted by atomic mass is 19.1. The molecule has 0 amide bonds. The van der Waals surface area contributed by atoms with Crippen LogP contribution in [0.25, 0.3) is 33.7 Å². The third-order valence-electron chi connectivity index (χ3n) is 8.17. The highest BCUT2D eigenvalue weighted by Gasteiger charge is 2.51. The van der Waals surface area contributed by atoms with E-state index in [1.54, 1.807) is 47.5 Å². The van der Waals surface area contributed by atoms with Crippen molar-refractivity contribution in [2.75, 3.05) is 19.8 Å². The molecule has 0 aliphatic carbocycles. The maximum absolute atomic E-state index is 14.8. The van der Waals surface area contributed by atoms with Gasteiger partial charge in [0.2, 0.25) is 0 Å². The molecule has 1 unspecified atom stereocenters. The van der Waals surface area contributed by atoms with Crippen LogP contribution in [0.1, 0.15) is 56.2 Å². The lowest BCUT2D eigenvalue weighted by Crippen LogP contribution is -2.53. The third kappa shape index (κ3) is 6.26. The van der Waals surface area contributed by atoms with Gasteiger partial charge in [0.25, 0.3) is 5.60 Å². The Hall–Kier alpha value is -4.94. The minimum Gasteiger partial charge on any atom is -0.463 e. The summed E-state index contributed by atoms with van der Waals surface area (Å²) in [5.41, 5.74) is 1.66. The van der Waals surface area contributed by atoms with Crippen molar-refractivity contribution in [3.05, 3.63) is 89.9 Å². The summed E-state index contributed by atoms with van der Waals surface area (Å²) in [6.07, 6.45) is 3.76. The predicted molar refractivity (Wildman–Crippen MR) is 172 cm³/mol. The molecule has 0 N–H and O–H groups in total. The van der Waals surface area contributed by atoms with Crippen molar-refractivity contribution in [3.63, 3.8) is 0 Å². The van der Waals surface area contributed by atoms with Crippen LogP contribution in [0.3, 0.4) is 0 Å². The molecule has 0 radical (unpaired) electrons. The van der Waals surface area contributed by atoms with E-state index in [4.69, 9.17) is 24.0 Å². The van der Waals surface area contributed by atoms with E-state index in [1.165, 1.54) is 6.07 Å². The van der Waals surface area contributed by atoms with E-state index in [0.29, 0.717) is 45.5 Å². The number of aromatic nitrogens is 5. The molecule has 1 fully saturated rings. The quantitative estimate of drug-likeness (QED) is 0.122. The van der Waals surface area contributed by atoms with Gasteiger partial charge < -0.3 is 18.9 Å². The van der Waals surface area contributed by atoms with Gasteiger partial charge in [-0.1, -0.05) is 48.2 Å². The average Bonchev–Trinajstić information content (AvgIpc) is 3.69. The first-order valence-corrected chi connectivity index (χ1v) is 15.7. The van der Waals surface area contributed by atoms with Gasteiger partial charge >= 0.3 is 11.9 Å². The van der Waals surface area contributed by atoms with Crippen LogP contribution >= 0.6 is 0 Å². The molecule has 244 valence electrons. The van der Waals surface area contributed by atoms with Gasteiger partial charge in [-0.15, -0.1) is 5.10 Å². The average molecular weight is 642 g/mol. The summed E-state index contributed by atoms with van der Waals surface area (Å²) in [5, 5.41) is 13.9. The Morgan fingerprint density at radius 1 is 1.04 bits per heavy atom. The molecular formula is C35H36FN5O6. The molecule has 2 aromatic heterocycles. The molecule has 47 heavy (non-hydrogen) atoms. The lowest BCUT2D eigenvalue weighted by molar-refractivity contribution is -0.192. The second kappa shape index (κ2) is 13.8. The van der Waals surface area contributed by atoms with Crippen molar-refractivity contribution in [2.24, 2.45) is 0 Å². The monoisotopic (exact) mass is 641 g/mol. The first-order chi connectivity index (χ1) is 22.9. The molecule has 0 bridgehead atoms. The molecule has 6 rings (SSSR count). The Balaban J connectivity index is 1.43. The number of hydrogen-bond acceptors (Lipinski definition) is 9. The van der Waals surface area contributed by atoms with E-state index >= 15 is 0 Å². The van der Waals surface area contributed by atoms with E-state index in [9.17, 15) is 14.0 Å². The first-order valence-electron chi connectivity index (χ1n) is 15.7.